The fourth-order valence-electron chi connectivity index (χ4n) is 5.78. The first-order chi connectivity index (χ1) is 21.3. The number of halogens is 2. The van der Waals surface area contributed by atoms with Crippen LogP contribution >= 0.6 is 0 Å². The predicted molar refractivity (Wildman–Crippen MR) is 150 cm³/mol. The van der Waals surface area contributed by atoms with Crippen molar-refractivity contribution >= 4 is 41.5 Å². The summed E-state index contributed by atoms with van der Waals surface area (Å²) >= 11 is 0. The van der Waals surface area contributed by atoms with E-state index in [0.29, 0.717) is 23.8 Å². The molecule has 4 rings (SSSR count). The molecule has 7 amide bonds. The summed E-state index contributed by atoms with van der Waals surface area (Å²) < 4.78 is 32.6. The number of nitrogens with two attached hydrogens (primary N) is 1. The normalized spacial score (nSPS) is 26.7. The van der Waals surface area contributed by atoms with Gasteiger partial charge in [-0.1, -0.05) is 0 Å². The molecule has 243 valence electrons. The molecular weight excluding hydrogens is 598 g/mol. The van der Waals surface area contributed by atoms with Gasteiger partial charge in [0.25, 0.3) is 5.91 Å². The molecule has 3 aliphatic rings. The number of amides is 7. The smallest absolute Gasteiger partial charge is 0.328 e. The van der Waals surface area contributed by atoms with Crippen molar-refractivity contribution in [1.82, 2.24) is 25.3 Å². The van der Waals surface area contributed by atoms with Crippen molar-refractivity contribution in [2.45, 2.75) is 76.2 Å². The van der Waals surface area contributed by atoms with Crippen molar-refractivity contribution in [2.24, 2.45) is 5.73 Å². The van der Waals surface area contributed by atoms with Crippen LogP contribution in [-0.4, -0.2) is 106 Å². The third-order valence-corrected chi connectivity index (χ3v) is 8.05. The molecule has 0 unspecified atom stereocenters. The van der Waals surface area contributed by atoms with Crippen LogP contribution in [0.3, 0.4) is 0 Å². The third-order valence-electron chi connectivity index (χ3n) is 8.05. The fourth-order valence-corrected chi connectivity index (χ4v) is 5.78. The number of urea groups is 1. The number of rotatable bonds is 4. The number of cyclic esters (lactones) is 1. The number of carbonyl (C=O) groups is 7. The highest BCUT2D eigenvalue weighted by Gasteiger charge is 2.45. The molecule has 1 radical (unpaired) electrons. The first-order valence-corrected chi connectivity index (χ1v) is 14.6. The molecule has 1 aromatic rings. The van der Waals surface area contributed by atoms with Crippen molar-refractivity contribution in [2.75, 3.05) is 19.7 Å². The van der Waals surface area contributed by atoms with Gasteiger partial charge in [-0.3, -0.25) is 28.9 Å². The number of primary amides is 1. The van der Waals surface area contributed by atoms with Gasteiger partial charge < -0.3 is 30.9 Å². The molecular formula is C29H35F2N6O8. The lowest BCUT2D eigenvalue weighted by Gasteiger charge is -2.34. The average Bonchev–Trinajstić information content (AvgIpc) is 3.66. The largest absolute Gasteiger partial charge is 0.461 e. The number of hydrogen-bond acceptors (Lipinski definition) is 8. The van der Waals surface area contributed by atoms with Crippen molar-refractivity contribution < 1.29 is 47.1 Å². The van der Waals surface area contributed by atoms with Gasteiger partial charge in [-0.25, -0.2) is 18.4 Å². The van der Waals surface area contributed by atoms with Crippen LogP contribution in [0, 0.1) is 18.1 Å². The van der Waals surface area contributed by atoms with Gasteiger partial charge >= 0.3 is 12.0 Å². The zero-order valence-electron chi connectivity index (χ0n) is 24.8. The topological polar surface area (TPSA) is 189 Å². The first kappa shape index (κ1) is 33.3. The van der Waals surface area contributed by atoms with E-state index in [2.05, 4.69) is 10.6 Å². The minimum absolute atomic E-state index is 0.0386. The summed E-state index contributed by atoms with van der Waals surface area (Å²) in [7, 11) is 0. The number of imide groups is 1. The molecule has 3 heterocycles. The predicted octanol–water partition coefficient (Wildman–Crippen LogP) is -0.464. The summed E-state index contributed by atoms with van der Waals surface area (Å²) in [4.78, 5) is 94.9. The zero-order chi connectivity index (χ0) is 33.0. The quantitative estimate of drug-likeness (QED) is 0.371. The van der Waals surface area contributed by atoms with Gasteiger partial charge in [-0.2, -0.15) is 0 Å². The lowest BCUT2D eigenvalue weighted by molar-refractivity contribution is -0.157. The van der Waals surface area contributed by atoms with Crippen LogP contribution in [0.5, 0.6) is 0 Å². The van der Waals surface area contributed by atoms with E-state index in [9.17, 15) is 42.3 Å². The van der Waals surface area contributed by atoms with E-state index in [-0.39, 0.29) is 37.9 Å². The Balaban J connectivity index is 1.63. The van der Waals surface area contributed by atoms with Gasteiger partial charge in [0.15, 0.2) is 0 Å². The maximum Gasteiger partial charge on any atom is 0.328 e. The Morgan fingerprint density at radius 2 is 1.56 bits per heavy atom. The average molecular weight is 634 g/mol. The molecule has 45 heavy (non-hydrogen) atoms. The Bertz CT molecular complexity index is 1370. The van der Waals surface area contributed by atoms with Gasteiger partial charge in [0, 0.05) is 19.2 Å². The van der Waals surface area contributed by atoms with Gasteiger partial charge in [0.05, 0.1) is 6.42 Å². The fraction of sp³-hybridized carbons (Fsp3) is 0.517. The molecule has 5 atom stereocenters. The lowest BCUT2D eigenvalue weighted by atomic mass is 10.1. The first-order valence-electron chi connectivity index (χ1n) is 14.6. The standard InChI is InChI=1S/C29H35F2N6O8/c1-15-25(40)36-10-4-6-22(36)28(43)45-14-20(34-23(38)8-7-17-11-18(30)13-19(31)12-17)26(41)35-9-3-5-21(35)27(42)37(29(32)44)16(2)24(39)33-15/h8,11-13,15-16,20-22H,3-7,9-10,14H2,1-2H3,(H2,32,44)(H,33,39)(H,34,38)/t15-,16-,20-,21-,22-/m0/s1. The third kappa shape index (κ3) is 7.54. The molecule has 3 saturated heterocycles. The Hall–Kier alpha value is -4.63. The molecule has 14 nitrogen and oxygen atoms in total. The van der Waals surface area contributed by atoms with Crippen molar-refractivity contribution in [3.63, 3.8) is 0 Å². The number of nitrogens with zero attached hydrogens (tertiary/aromatic N) is 3. The molecule has 16 heteroatoms. The van der Waals surface area contributed by atoms with E-state index in [1.807, 2.05) is 0 Å². The SMILES string of the molecule is C[C@@H]1NC(=O)[C@H](C)N(C(N)=O)C(=O)[C@@H]2CCCN2C(=O)[C@@H](NC(=O)[CH]Cc2cc(F)cc(F)c2)COC(=O)[C@@H]2CCCN2C1=O. The number of carbonyl (C=O) groups excluding carboxylic acids is 7. The molecule has 0 bridgehead atoms. The Morgan fingerprint density at radius 1 is 0.956 bits per heavy atom. The van der Waals surface area contributed by atoms with Crippen LogP contribution in [0.4, 0.5) is 13.6 Å². The number of benzene rings is 1. The summed E-state index contributed by atoms with van der Waals surface area (Å²) in [5.41, 5.74) is 5.64. The highest BCUT2D eigenvalue weighted by atomic mass is 19.1. The molecule has 4 N–H and O–H groups in total. The maximum absolute atomic E-state index is 13.8. The number of esters is 1. The van der Waals surface area contributed by atoms with Gasteiger partial charge in [0.1, 0.15) is 48.5 Å². The number of ether oxygens (including phenoxy) is 1. The highest BCUT2D eigenvalue weighted by Crippen LogP contribution is 2.24. The van der Waals surface area contributed by atoms with Crippen molar-refractivity contribution in [3.8, 4) is 0 Å². The Kier molecular flexibility index (Phi) is 10.3. The van der Waals surface area contributed by atoms with Crippen LogP contribution < -0.4 is 16.4 Å². The van der Waals surface area contributed by atoms with Crippen LogP contribution in [0.1, 0.15) is 45.1 Å². The number of nitrogens with one attached hydrogen (secondary N) is 2. The Labute approximate surface area is 257 Å². The van der Waals surface area contributed by atoms with Crippen LogP contribution in [-0.2, 0) is 39.9 Å². The van der Waals surface area contributed by atoms with Gasteiger partial charge in [0.2, 0.25) is 23.6 Å². The van der Waals surface area contributed by atoms with Gasteiger partial charge in [-0.15, -0.1) is 0 Å². The number of hydrogen-bond donors (Lipinski definition) is 3. The van der Waals surface area contributed by atoms with E-state index >= 15 is 0 Å². The summed E-state index contributed by atoms with van der Waals surface area (Å²) in [6.07, 6.45) is 1.99. The van der Waals surface area contributed by atoms with E-state index in [1.165, 1.54) is 18.7 Å². The van der Waals surface area contributed by atoms with E-state index in [0.717, 1.165) is 23.5 Å². The second-order valence-electron chi connectivity index (χ2n) is 11.2. The lowest BCUT2D eigenvalue weighted by Crippen LogP contribution is -2.61. The molecule has 3 aliphatic heterocycles. The summed E-state index contributed by atoms with van der Waals surface area (Å²) in [6, 6.07) is -4.87. The summed E-state index contributed by atoms with van der Waals surface area (Å²) in [5, 5.41) is 4.90. The minimum Gasteiger partial charge on any atom is -0.461 e. The monoisotopic (exact) mass is 633 g/mol. The Morgan fingerprint density at radius 3 is 2.18 bits per heavy atom. The van der Waals surface area contributed by atoms with Gasteiger partial charge in [-0.05, 0) is 63.6 Å². The van der Waals surface area contributed by atoms with E-state index < -0.39 is 90.0 Å². The number of fused-ring (bicyclic) bond motifs is 2. The second kappa shape index (κ2) is 14.0. The van der Waals surface area contributed by atoms with Crippen LogP contribution in [0.25, 0.3) is 0 Å². The minimum atomic E-state index is -1.52. The maximum atomic E-state index is 13.8. The molecule has 1 aromatic carbocycles. The molecule has 0 aliphatic carbocycles. The van der Waals surface area contributed by atoms with Crippen molar-refractivity contribution in [3.05, 3.63) is 41.8 Å². The highest BCUT2D eigenvalue weighted by molar-refractivity contribution is 6.03. The van der Waals surface area contributed by atoms with E-state index in [1.54, 1.807) is 0 Å². The molecule has 0 aromatic heterocycles. The van der Waals surface area contributed by atoms with Crippen LogP contribution in [0.15, 0.2) is 18.2 Å². The second-order valence-corrected chi connectivity index (χ2v) is 11.2. The van der Waals surface area contributed by atoms with Crippen LogP contribution in [0.2, 0.25) is 0 Å². The summed E-state index contributed by atoms with van der Waals surface area (Å²) in [6.45, 7) is 2.20. The van der Waals surface area contributed by atoms with E-state index in [4.69, 9.17) is 10.5 Å². The molecule has 3 fully saturated rings. The molecule has 0 spiro atoms. The van der Waals surface area contributed by atoms with Crippen molar-refractivity contribution in [1.29, 1.82) is 0 Å². The summed E-state index contributed by atoms with van der Waals surface area (Å²) in [5.74, 6) is -6.57. The zero-order valence-corrected chi connectivity index (χ0v) is 24.8. The molecule has 0 saturated carbocycles.